The lowest BCUT2D eigenvalue weighted by molar-refractivity contribution is -0.141. The average Bonchev–Trinajstić information content (AvgIpc) is 3.33. The second-order valence-corrected chi connectivity index (χ2v) is 8.76. The number of halogens is 4. The predicted octanol–water partition coefficient (Wildman–Crippen LogP) is 6.72. The molecule has 192 valence electrons. The predicted molar refractivity (Wildman–Crippen MR) is 137 cm³/mol. The van der Waals surface area contributed by atoms with E-state index in [0.29, 0.717) is 10.7 Å². The van der Waals surface area contributed by atoms with E-state index in [-0.39, 0.29) is 18.1 Å². The Labute approximate surface area is 217 Å². The molecular weight excluding hydrogens is 505 g/mol. The number of nitrogens with zero attached hydrogens (tertiary/aromatic N) is 2. The molecule has 0 aliphatic rings. The number of alkyl halides is 3. The number of carbonyl (C=O) groups is 1. The van der Waals surface area contributed by atoms with E-state index in [1.807, 2.05) is 48.5 Å². The van der Waals surface area contributed by atoms with Crippen LogP contribution in [0.2, 0.25) is 5.02 Å². The van der Waals surface area contributed by atoms with Crippen LogP contribution >= 0.6 is 11.6 Å². The Hall–Kier alpha value is -3.98. The fraction of sp³-hybridized carbons (Fsp3) is 0.185. The highest BCUT2D eigenvalue weighted by atomic mass is 35.5. The third-order valence-electron chi connectivity index (χ3n) is 5.75. The maximum Gasteiger partial charge on any atom is 0.435 e. The number of benzene rings is 3. The summed E-state index contributed by atoms with van der Waals surface area (Å²) < 4.78 is 46.3. The van der Waals surface area contributed by atoms with Crippen LogP contribution in [-0.4, -0.2) is 22.8 Å². The van der Waals surface area contributed by atoms with Crippen LogP contribution in [0.1, 0.15) is 29.8 Å². The van der Waals surface area contributed by atoms with E-state index in [2.05, 4.69) is 15.7 Å². The molecule has 0 aliphatic heterocycles. The van der Waals surface area contributed by atoms with Crippen LogP contribution in [0.4, 0.5) is 24.5 Å². The number of hydrogen-bond donors (Lipinski definition) is 2. The van der Waals surface area contributed by atoms with Gasteiger partial charge in [-0.3, -0.25) is 4.79 Å². The minimum absolute atomic E-state index is 0.143. The van der Waals surface area contributed by atoms with Crippen LogP contribution in [0.5, 0.6) is 5.75 Å². The molecule has 0 fully saturated rings. The van der Waals surface area contributed by atoms with E-state index in [0.717, 1.165) is 33.4 Å². The highest BCUT2D eigenvalue weighted by Crippen LogP contribution is 2.30. The Balaban J connectivity index is 1.44. The molecule has 6 nitrogen and oxygen atoms in total. The second-order valence-electron chi connectivity index (χ2n) is 8.33. The fourth-order valence-corrected chi connectivity index (χ4v) is 3.88. The van der Waals surface area contributed by atoms with Crippen LogP contribution in [0, 0.1) is 0 Å². The van der Waals surface area contributed by atoms with Gasteiger partial charge in [0.2, 0.25) is 5.91 Å². The minimum Gasteiger partial charge on any atom is -0.497 e. The van der Waals surface area contributed by atoms with Crippen molar-refractivity contribution in [3.8, 4) is 11.4 Å². The first-order valence-electron chi connectivity index (χ1n) is 11.3. The molecule has 2 N–H and O–H groups in total. The molecule has 37 heavy (non-hydrogen) atoms. The molecule has 1 aromatic heterocycles. The number of anilines is 2. The first kappa shape index (κ1) is 26.1. The van der Waals surface area contributed by atoms with Gasteiger partial charge in [0.15, 0.2) is 5.69 Å². The van der Waals surface area contributed by atoms with Crippen LogP contribution in [0.15, 0.2) is 78.9 Å². The summed E-state index contributed by atoms with van der Waals surface area (Å²) in [5, 5.41) is 10.0. The largest absolute Gasteiger partial charge is 0.497 e. The number of aromatic nitrogens is 2. The quantitative estimate of drug-likeness (QED) is 0.266. The van der Waals surface area contributed by atoms with E-state index in [1.165, 1.54) is 6.07 Å². The van der Waals surface area contributed by atoms with Gasteiger partial charge in [-0.25, -0.2) is 4.68 Å². The summed E-state index contributed by atoms with van der Waals surface area (Å²) >= 11 is 6.01. The molecule has 0 spiro atoms. The van der Waals surface area contributed by atoms with Crippen molar-refractivity contribution < 1.29 is 22.7 Å². The van der Waals surface area contributed by atoms with Gasteiger partial charge >= 0.3 is 6.18 Å². The SMILES string of the molecule is COc1ccc(Nc2ccc(C(C)C(=O)NCc3cc(C(F)(F)F)nn3-c3cccc(Cl)c3)cc2)cc1. The van der Waals surface area contributed by atoms with E-state index in [4.69, 9.17) is 16.3 Å². The fourth-order valence-electron chi connectivity index (χ4n) is 3.69. The number of rotatable bonds is 8. The molecule has 4 aromatic rings. The minimum atomic E-state index is -4.63. The second kappa shape index (κ2) is 11.0. The Bertz CT molecular complexity index is 1370. The molecule has 1 unspecified atom stereocenters. The van der Waals surface area contributed by atoms with Crippen LogP contribution in [-0.2, 0) is 17.5 Å². The number of carbonyl (C=O) groups excluding carboxylic acids is 1. The third kappa shape index (κ3) is 6.42. The summed E-state index contributed by atoms with van der Waals surface area (Å²) in [4.78, 5) is 12.8. The Morgan fingerprint density at radius 2 is 1.68 bits per heavy atom. The highest BCUT2D eigenvalue weighted by molar-refractivity contribution is 6.30. The van der Waals surface area contributed by atoms with Crippen molar-refractivity contribution in [2.24, 2.45) is 0 Å². The number of nitrogens with one attached hydrogen (secondary N) is 2. The van der Waals surface area contributed by atoms with Crippen molar-refractivity contribution in [3.05, 3.63) is 101 Å². The number of ether oxygens (including phenoxy) is 1. The summed E-state index contributed by atoms with van der Waals surface area (Å²) in [6, 6.07) is 22.1. The maximum atomic E-state index is 13.3. The molecule has 1 amide bonds. The molecule has 0 radical (unpaired) electrons. The number of hydrogen-bond acceptors (Lipinski definition) is 4. The van der Waals surface area contributed by atoms with Gasteiger partial charge in [0.25, 0.3) is 0 Å². The van der Waals surface area contributed by atoms with Crippen LogP contribution in [0.3, 0.4) is 0 Å². The van der Waals surface area contributed by atoms with E-state index in [9.17, 15) is 18.0 Å². The molecule has 0 bridgehead atoms. The third-order valence-corrected chi connectivity index (χ3v) is 5.99. The topological polar surface area (TPSA) is 68.2 Å². The monoisotopic (exact) mass is 528 g/mol. The smallest absolute Gasteiger partial charge is 0.435 e. The molecular formula is C27H24ClF3N4O2. The summed E-state index contributed by atoms with van der Waals surface area (Å²) in [6.07, 6.45) is -4.63. The Morgan fingerprint density at radius 3 is 2.27 bits per heavy atom. The Morgan fingerprint density at radius 1 is 1.03 bits per heavy atom. The average molecular weight is 529 g/mol. The van der Waals surface area contributed by atoms with Crippen molar-refractivity contribution in [2.75, 3.05) is 12.4 Å². The molecule has 1 heterocycles. The molecule has 4 rings (SSSR count). The van der Waals surface area contributed by atoms with Crippen molar-refractivity contribution in [2.45, 2.75) is 25.6 Å². The lowest BCUT2D eigenvalue weighted by Gasteiger charge is -2.14. The van der Waals surface area contributed by atoms with E-state index in [1.54, 1.807) is 32.2 Å². The summed E-state index contributed by atoms with van der Waals surface area (Å²) in [5.74, 6) is -0.103. The first-order chi connectivity index (χ1) is 17.6. The van der Waals surface area contributed by atoms with Gasteiger partial charge in [0.1, 0.15) is 5.75 Å². The Kier molecular flexibility index (Phi) is 7.73. The molecule has 0 aliphatic carbocycles. The molecule has 0 saturated heterocycles. The zero-order valence-electron chi connectivity index (χ0n) is 20.0. The molecule has 1 atom stereocenters. The number of amides is 1. The van der Waals surface area contributed by atoms with Gasteiger partial charge in [-0.05, 0) is 73.2 Å². The van der Waals surface area contributed by atoms with Crippen LogP contribution in [0.25, 0.3) is 5.69 Å². The zero-order chi connectivity index (χ0) is 26.6. The van der Waals surface area contributed by atoms with Gasteiger partial charge in [0.05, 0.1) is 31.0 Å². The van der Waals surface area contributed by atoms with Crippen molar-refractivity contribution in [3.63, 3.8) is 0 Å². The summed E-state index contributed by atoms with van der Waals surface area (Å²) in [6.45, 7) is 1.59. The molecule has 3 aromatic carbocycles. The normalized spacial score (nSPS) is 12.2. The summed E-state index contributed by atoms with van der Waals surface area (Å²) in [5.41, 5.74) is 1.97. The van der Waals surface area contributed by atoms with Crippen LogP contribution < -0.4 is 15.4 Å². The van der Waals surface area contributed by atoms with E-state index >= 15 is 0 Å². The van der Waals surface area contributed by atoms with Gasteiger partial charge < -0.3 is 15.4 Å². The van der Waals surface area contributed by atoms with Gasteiger partial charge in [-0.1, -0.05) is 29.8 Å². The van der Waals surface area contributed by atoms with Crippen molar-refractivity contribution in [1.29, 1.82) is 0 Å². The lowest BCUT2D eigenvalue weighted by atomic mass is 10.00. The van der Waals surface area contributed by atoms with E-state index < -0.39 is 17.8 Å². The van der Waals surface area contributed by atoms with Crippen molar-refractivity contribution >= 4 is 28.9 Å². The highest BCUT2D eigenvalue weighted by Gasteiger charge is 2.35. The van der Waals surface area contributed by atoms with Gasteiger partial charge in [-0.2, -0.15) is 18.3 Å². The standard InChI is InChI=1S/C27H24ClF3N4O2/c1-17(18-6-8-20(9-7-18)33-21-10-12-24(37-2)13-11-21)26(36)32-16-23-15-25(27(29,30)31)34-35(23)22-5-3-4-19(28)14-22/h3-15,17,33H,16H2,1-2H3,(H,32,36). The van der Waals surface area contributed by atoms with Gasteiger partial charge in [0, 0.05) is 16.4 Å². The van der Waals surface area contributed by atoms with Gasteiger partial charge in [-0.15, -0.1) is 0 Å². The molecule has 0 saturated carbocycles. The number of methoxy groups -OCH3 is 1. The lowest BCUT2D eigenvalue weighted by Crippen LogP contribution is -2.28. The summed E-state index contributed by atoms with van der Waals surface area (Å²) in [7, 11) is 1.60. The maximum absolute atomic E-state index is 13.3. The zero-order valence-corrected chi connectivity index (χ0v) is 20.8. The molecule has 10 heteroatoms. The first-order valence-corrected chi connectivity index (χ1v) is 11.7. The van der Waals surface area contributed by atoms with Crippen molar-refractivity contribution in [1.82, 2.24) is 15.1 Å².